The summed E-state index contributed by atoms with van der Waals surface area (Å²) in [5.74, 6) is 0. The maximum absolute atomic E-state index is 12.2. The molecule has 1 aromatic heterocycles. The van der Waals surface area contributed by atoms with Gasteiger partial charge in [0.1, 0.15) is 0 Å². The second kappa shape index (κ2) is 5.77. The number of aromatic nitrogens is 1. The number of benzene rings is 1. The third kappa shape index (κ3) is 3.35. The van der Waals surface area contributed by atoms with E-state index in [0.29, 0.717) is 16.4 Å². The van der Waals surface area contributed by atoms with Crippen LogP contribution in [0, 0.1) is 0 Å². The first-order chi connectivity index (χ1) is 9.29. The van der Waals surface area contributed by atoms with Crippen molar-refractivity contribution in [3.63, 3.8) is 0 Å². The van der Waals surface area contributed by atoms with Gasteiger partial charge in [0, 0.05) is 19.1 Å². The van der Waals surface area contributed by atoms with Crippen molar-refractivity contribution < 1.29 is 8.42 Å². The number of anilines is 2. The molecule has 0 unspecified atom stereocenters. The molecule has 9 heteroatoms. The van der Waals surface area contributed by atoms with Crippen molar-refractivity contribution in [1.29, 1.82) is 0 Å². The Morgan fingerprint density at radius 1 is 1.30 bits per heavy atom. The molecule has 5 nitrogen and oxygen atoms in total. The van der Waals surface area contributed by atoms with Crippen molar-refractivity contribution >= 4 is 55.9 Å². The summed E-state index contributed by atoms with van der Waals surface area (Å²) in [4.78, 5) is 5.51. The molecule has 0 saturated carbocycles. The molecule has 0 spiro atoms. The number of rotatable bonds is 4. The maximum atomic E-state index is 12.2. The lowest BCUT2D eigenvalue weighted by molar-refractivity contribution is 0.603. The number of halogens is 2. The zero-order valence-corrected chi connectivity index (χ0v) is 13.7. The molecule has 0 bridgehead atoms. The smallest absolute Gasteiger partial charge is 0.273 e. The zero-order chi connectivity index (χ0) is 14.9. The number of hydrogen-bond acceptors (Lipinski definition) is 5. The second-order valence-electron chi connectivity index (χ2n) is 4.09. The number of nitrogens with zero attached hydrogens (tertiary/aromatic N) is 2. The average Bonchev–Trinajstić information content (AvgIpc) is 2.75. The fourth-order valence-electron chi connectivity index (χ4n) is 1.54. The van der Waals surface area contributed by atoms with Gasteiger partial charge in [0.2, 0.25) is 0 Å². The monoisotopic (exact) mass is 351 g/mol. The molecule has 1 N–H and O–H groups in total. The van der Waals surface area contributed by atoms with Crippen molar-refractivity contribution in [2.75, 3.05) is 23.7 Å². The van der Waals surface area contributed by atoms with Gasteiger partial charge in [-0.2, -0.15) is 0 Å². The van der Waals surface area contributed by atoms with Crippen molar-refractivity contribution in [3.05, 3.63) is 33.9 Å². The van der Waals surface area contributed by atoms with E-state index in [4.69, 9.17) is 23.2 Å². The van der Waals surface area contributed by atoms with E-state index in [1.807, 2.05) is 14.1 Å². The molecular weight excluding hydrogens is 341 g/mol. The molecule has 0 amide bonds. The van der Waals surface area contributed by atoms with E-state index < -0.39 is 10.0 Å². The number of nitrogens with one attached hydrogen (secondary N) is 1. The second-order valence-corrected chi connectivity index (χ2v) is 8.05. The van der Waals surface area contributed by atoms with Crippen molar-refractivity contribution in [1.82, 2.24) is 4.98 Å². The third-order valence-electron chi connectivity index (χ3n) is 2.41. The summed E-state index contributed by atoms with van der Waals surface area (Å²) in [6, 6.07) is 4.98. The van der Waals surface area contributed by atoms with Crippen LogP contribution >= 0.6 is 34.5 Å². The van der Waals surface area contributed by atoms with Gasteiger partial charge >= 0.3 is 0 Å². The van der Waals surface area contributed by atoms with Gasteiger partial charge in [0.15, 0.2) is 8.68 Å². The molecule has 20 heavy (non-hydrogen) atoms. The van der Waals surface area contributed by atoms with Crippen molar-refractivity contribution in [2.45, 2.75) is 4.21 Å². The normalized spacial score (nSPS) is 11.4. The van der Waals surface area contributed by atoms with Crippen LogP contribution in [0.5, 0.6) is 0 Å². The Kier molecular flexibility index (Phi) is 4.43. The van der Waals surface area contributed by atoms with Crippen LogP contribution in [0.2, 0.25) is 9.49 Å². The predicted octanol–water partition coefficient (Wildman–Crippen LogP) is 3.32. The van der Waals surface area contributed by atoms with Gasteiger partial charge in [-0.1, -0.05) is 34.5 Å². The molecule has 2 rings (SSSR count). The lowest BCUT2D eigenvalue weighted by atomic mass is 10.2. The van der Waals surface area contributed by atoms with E-state index in [0.717, 1.165) is 11.3 Å². The first-order valence-corrected chi connectivity index (χ1v) is 8.46. The lowest BCUT2D eigenvalue weighted by Crippen LogP contribution is -2.16. The van der Waals surface area contributed by atoms with Gasteiger partial charge in [0.05, 0.1) is 17.6 Å². The van der Waals surface area contributed by atoms with Gasteiger partial charge in [-0.25, -0.2) is 13.4 Å². The lowest BCUT2D eigenvalue weighted by Gasteiger charge is -2.18. The Bertz CT molecular complexity index is 729. The largest absolute Gasteiger partial charge is 0.376 e. The number of thiazole rings is 1. The third-order valence-corrected chi connectivity index (χ3v) is 5.58. The summed E-state index contributed by atoms with van der Waals surface area (Å²) >= 11 is 12.5. The summed E-state index contributed by atoms with van der Waals surface area (Å²) in [6.07, 6.45) is 1.22. The van der Waals surface area contributed by atoms with Crippen LogP contribution in [-0.4, -0.2) is 27.5 Å². The molecular formula is C11H11Cl2N3O2S2. The fraction of sp³-hybridized carbons (Fsp3) is 0.182. The van der Waals surface area contributed by atoms with Crippen LogP contribution in [0.15, 0.2) is 28.6 Å². The molecule has 0 aliphatic heterocycles. The summed E-state index contributed by atoms with van der Waals surface area (Å²) in [6.45, 7) is 0. The number of hydrogen-bond donors (Lipinski definition) is 1. The van der Waals surface area contributed by atoms with Gasteiger partial charge in [-0.3, -0.25) is 4.72 Å². The van der Waals surface area contributed by atoms with Gasteiger partial charge in [0.25, 0.3) is 10.0 Å². The molecule has 1 heterocycles. The van der Waals surface area contributed by atoms with E-state index >= 15 is 0 Å². The van der Waals surface area contributed by atoms with Crippen LogP contribution in [0.1, 0.15) is 0 Å². The Morgan fingerprint density at radius 3 is 2.55 bits per heavy atom. The van der Waals surface area contributed by atoms with Crippen LogP contribution in [0.25, 0.3) is 0 Å². The van der Waals surface area contributed by atoms with Crippen molar-refractivity contribution in [2.24, 2.45) is 0 Å². The Labute approximate surface area is 131 Å². The Hall–Kier alpha value is -1.02. The first-order valence-electron chi connectivity index (χ1n) is 5.40. The molecule has 0 radical (unpaired) electrons. The highest BCUT2D eigenvalue weighted by Gasteiger charge is 2.19. The van der Waals surface area contributed by atoms with E-state index in [9.17, 15) is 8.42 Å². The quantitative estimate of drug-likeness (QED) is 0.917. The van der Waals surface area contributed by atoms with E-state index in [1.54, 1.807) is 23.1 Å². The Balaban J connectivity index is 2.41. The topological polar surface area (TPSA) is 62.3 Å². The molecule has 0 atom stereocenters. The van der Waals surface area contributed by atoms with E-state index in [1.165, 1.54) is 6.20 Å². The highest BCUT2D eigenvalue weighted by molar-refractivity contribution is 7.94. The minimum Gasteiger partial charge on any atom is -0.376 e. The average molecular weight is 352 g/mol. The minimum atomic E-state index is -3.73. The molecule has 0 aliphatic rings. The SMILES string of the molecule is CN(C)c1ccc(Cl)cc1NS(=O)(=O)c1cnc(Cl)s1. The summed E-state index contributed by atoms with van der Waals surface area (Å²) in [5, 5.41) is 0.440. The van der Waals surface area contributed by atoms with Gasteiger partial charge < -0.3 is 4.90 Å². The van der Waals surface area contributed by atoms with Gasteiger partial charge in [-0.15, -0.1) is 0 Å². The minimum absolute atomic E-state index is 0.0483. The predicted molar refractivity (Wildman–Crippen MR) is 83.7 cm³/mol. The molecule has 2 aromatic rings. The van der Waals surface area contributed by atoms with Gasteiger partial charge in [-0.05, 0) is 18.2 Å². The molecule has 1 aromatic carbocycles. The van der Waals surface area contributed by atoms with Crippen LogP contribution in [0.4, 0.5) is 11.4 Å². The van der Waals surface area contributed by atoms with E-state index in [2.05, 4.69) is 9.71 Å². The zero-order valence-electron chi connectivity index (χ0n) is 10.6. The standard InChI is InChI=1S/C11H11Cl2N3O2S2/c1-16(2)9-4-3-7(12)5-8(9)15-20(17,18)10-6-14-11(13)19-10/h3-6,15H,1-2H3. The van der Waals surface area contributed by atoms with Crippen LogP contribution < -0.4 is 9.62 Å². The fourth-order valence-corrected chi connectivity index (χ4v) is 4.07. The van der Waals surface area contributed by atoms with E-state index in [-0.39, 0.29) is 8.68 Å². The van der Waals surface area contributed by atoms with Crippen molar-refractivity contribution in [3.8, 4) is 0 Å². The molecule has 0 aliphatic carbocycles. The Morgan fingerprint density at radius 2 is 2.00 bits per heavy atom. The summed E-state index contributed by atoms with van der Waals surface area (Å²) < 4.78 is 27.2. The highest BCUT2D eigenvalue weighted by atomic mass is 35.5. The molecule has 108 valence electrons. The summed E-state index contributed by atoms with van der Waals surface area (Å²) in [5.41, 5.74) is 1.10. The maximum Gasteiger partial charge on any atom is 0.273 e. The van der Waals surface area contributed by atoms with Crippen LogP contribution in [-0.2, 0) is 10.0 Å². The first kappa shape index (κ1) is 15.4. The number of sulfonamides is 1. The van der Waals surface area contributed by atoms with Crippen LogP contribution in [0.3, 0.4) is 0 Å². The molecule has 0 saturated heterocycles. The summed E-state index contributed by atoms with van der Waals surface area (Å²) in [7, 11) is -0.109. The highest BCUT2D eigenvalue weighted by Crippen LogP contribution is 2.31. The molecule has 0 fully saturated rings.